The number of urea groups is 1. The molecule has 0 bridgehead atoms. The maximum atomic E-state index is 12.4. The monoisotopic (exact) mass is 387 g/mol. The van der Waals surface area contributed by atoms with Crippen molar-refractivity contribution in [2.24, 2.45) is 0 Å². The summed E-state index contributed by atoms with van der Waals surface area (Å²) in [6, 6.07) is 6.11. The van der Waals surface area contributed by atoms with Gasteiger partial charge in [0.1, 0.15) is 0 Å². The third kappa shape index (κ3) is 5.64. The first-order valence-corrected chi connectivity index (χ1v) is 10.3. The number of piperazine rings is 1. The SMILES string of the molecule is COc1ccc(CN2CCN(C(=O)NCCC3=CCCCC3)CC2)cc1OC. The first kappa shape index (κ1) is 20.5. The zero-order valence-electron chi connectivity index (χ0n) is 17.2. The van der Waals surface area contributed by atoms with Crippen LogP contribution in [0, 0.1) is 0 Å². The molecule has 2 amide bonds. The second-order valence-electron chi connectivity index (χ2n) is 7.54. The zero-order valence-corrected chi connectivity index (χ0v) is 17.2. The van der Waals surface area contributed by atoms with E-state index >= 15 is 0 Å². The lowest BCUT2D eigenvalue weighted by atomic mass is 9.97. The van der Waals surface area contributed by atoms with Crippen molar-refractivity contribution >= 4 is 6.03 Å². The molecule has 0 aromatic heterocycles. The van der Waals surface area contributed by atoms with E-state index in [4.69, 9.17) is 9.47 Å². The smallest absolute Gasteiger partial charge is 0.317 e. The Kier molecular flexibility index (Phi) is 7.60. The van der Waals surface area contributed by atoms with E-state index in [1.807, 2.05) is 17.0 Å². The van der Waals surface area contributed by atoms with Crippen LogP contribution in [0.1, 0.15) is 37.7 Å². The number of ether oxygens (including phenoxy) is 2. The maximum absolute atomic E-state index is 12.4. The van der Waals surface area contributed by atoms with Gasteiger partial charge < -0.3 is 19.7 Å². The average Bonchev–Trinajstić information content (AvgIpc) is 2.75. The van der Waals surface area contributed by atoms with Gasteiger partial charge in [0, 0.05) is 39.3 Å². The molecule has 1 N–H and O–H groups in total. The molecular formula is C22H33N3O3. The van der Waals surface area contributed by atoms with E-state index in [-0.39, 0.29) is 6.03 Å². The molecule has 0 atom stereocenters. The minimum Gasteiger partial charge on any atom is -0.493 e. The van der Waals surface area contributed by atoms with Gasteiger partial charge in [-0.25, -0.2) is 4.79 Å². The molecule has 3 rings (SSSR count). The Hall–Kier alpha value is -2.21. The van der Waals surface area contributed by atoms with E-state index in [0.717, 1.165) is 57.2 Å². The molecule has 0 radical (unpaired) electrons. The number of amides is 2. The van der Waals surface area contributed by atoms with Gasteiger partial charge in [-0.15, -0.1) is 0 Å². The number of rotatable bonds is 7. The molecule has 0 spiro atoms. The molecule has 6 nitrogen and oxygen atoms in total. The summed E-state index contributed by atoms with van der Waals surface area (Å²) in [5.74, 6) is 1.50. The highest BCUT2D eigenvalue weighted by Crippen LogP contribution is 2.28. The van der Waals surface area contributed by atoms with Crippen LogP contribution < -0.4 is 14.8 Å². The molecule has 1 aliphatic heterocycles. The third-order valence-electron chi connectivity index (χ3n) is 5.62. The number of hydrogen-bond acceptors (Lipinski definition) is 4. The molecule has 0 saturated carbocycles. The number of carbonyl (C=O) groups excluding carboxylic acids is 1. The minimum absolute atomic E-state index is 0.0715. The fourth-order valence-corrected chi connectivity index (χ4v) is 3.92. The van der Waals surface area contributed by atoms with E-state index in [1.165, 1.54) is 36.8 Å². The van der Waals surface area contributed by atoms with Crippen LogP contribution in [0.15, 0.2) is 29.8 Å². The lowest BCUT2D eigenvalue weighted by molar-refractivity contribution is 0.135. The number of methoxy groups -OCH3 is 2. The highest BCUT2D eigenvalue weighted by atomic mass is 16.5. The maximum Gasteiger partial charge on any atom is 0.317 e. The van der Waals surface area contributed by atoms with E-state index in [9.17, 15) is 4.79 Å². The van der Waals surface area contributed by atoms with Crippen LogP contribution in [0.25, 0.3) is 0 Å². The van der Waals surface area contributed by atoms with E-state index < -0.39 is 0 Å². The Labute approximate surface area is 168 Å². The topological polar surface area (TPSA) is 54.0 Å². The van der Waals surface area contributed by atoms with Gasteiger partial charge in [0.25, 0.3) is 0 Å². The van der Waals surface area contributed by atoms with Crippen LogP contribution >= 0.6 is 0 Å². The lowest BCUT2D eigenvalue weighted by Crippen LogP contribution is -2.51. The van der Waals surface area contributed by atoms with Crippen molar-refractivity contribution in [1.29, 1.82) is 0 Å². The van der Waals surface area contributed by atoms with E-state index in [0.29, 0.717) is 0 Å². The number of nitrogens with zero attached hydrogens (tertiary/aromatic N) is 2. The first-order valence-electron chi connectivity index (χ1n) is 10.3. The number of nitrogens with one attached hydrogen (secondary N) is 1. The number of allylic oxidation sites excluding steroid dienone is 1. The largest absolute Gasteiger partial charge is 0.493 e. The molecular weight excluding hydrogens is 354 g/mol. The summed E-state index contributed by atoms with van der Waals surface area (Å²) in [6.07, 6.45) is 8.34. The van der Waals surface area contributed by atoms with Crippen LogP contribution in [0.2, 0.25) is 0 Å². The summed E-state index contributed by atoms with van der Waals surface area (Å²) in [5.41, 5.74) is 2.70. The van der Waals surface area contributed by atoms with Crippen LogP contribution in [-0.4, -0.2) is 62.8 Å². The quantitative estimate of drug-likeness (QED) is 0.729. The summed E-state index contributed by atoms with van der Waals surface area (Å²) in [5, 5.41) is 3.09. The van der Waals surface area contributed by atoms with Crippen LogP contribution in [0.4, 0.5) is 4.79 Å². The van der Waals surface area contributed by atoms with Gasteiger partial charge in [-0.1, -0.05) is 17.7 Å². The standard InChI is InChI=1S/C22H33N3O3/c1-27-20-9-8-19(16-21(20)28-2)17-24-12-14-25(15-13-24)22(26)23-11-10-18-6-4-3-5-7-18/h6,8-9,16H,3-5,7,10-15,17H2,1-2H3,(H,23,26). The predicted octanol–water partition coefficient (Wildman–Crippen LogP) is 3.42. The van der Waals surface area contributed by atoms with Crippen molar-refractivity contribution in [3.05, 3.63) is 35.4 Å². The number of carbonyl (C=O) groups is 1. The van der Waals surface area contributed by atoms with Crippen LogP contribution in [0.3, 0.4) is 0 Å². The van der Waals surface area contributed by atoms with Crippen molar-refractivity contribution in [3.8, 4) is 11.5 Å². The second-order valence-corrected chi connectivity index (χ2v) is 7.54. The predicted molar refractivity (Wildman–Crippen MR) is 111 cm³/mol. The summed E-state index contributed by atoms with van der Waals surface area (Å²) in [6.45, 7) is 4.89. The molecule has 1 aromatic rings. The summed E-state index contributed by atoms with van der Waals surface area (Å²) in [7, 11) is 3.30. The summed E-state index contributed by atoms with van der Waals surface area (Å²) >= 11 is 0. The molecule has 0 unspecified atom stereocenters. The highest BCUT2D eigenvalue weighted by Gasteiger charge is 2.21. The molecule has 1 heterocycles. The van der Waals surface area contributed by atoms with Gasteiger partial charge in [-0.05, 0) is 49.8 Å². The molecule has 28 heavy (non-hydrogen) atoms. The fourth-order valence-electron chi connectivity index (χ4n) is 3.92. The molecule has 2 aliphatic rings. The van der Waals surface area contributed by atoms with Gasteiger partial charge in [-0.3, -0.25) is 4.90 Å². The van der Waals surface area contributed by atoms with Gasteiger partial charge >= 0.3 is 6.03 Å². The third-order valence-corrected chi connectivity index (χ3v) is 5.62. The Morgan fingerprint density at radius 1 is 1.07 bits per heavy atom. The fraction of sp³-hybridized carbons (Fsp3) is 0.591. The Bertz CT molecular complexity index is 682. The van der Waals surface area contributed by atoms with Crippen molar-refractivity contribution < 1.29 is 14.3 Å². The van der Waals surface area contributed by atoms with Gasteiger partial charge in [0.2, 0.25) is 0 Å². The van der Waals surface area contributed by atoms with Gasteiger partial charge in [-0.2, -0.15) is 0 Å². The molecule has 154 valence electrons. The second kappa shape index (κ2) is 10.4. The lowest BCUT2D eigenvalue weighted by Gasteiger charge is -2.34. The Morgan fingerprint density at radius 2 is 1.86 bits per heavy atom. The van der Waals surface area contributed by atoms with Crippen molar-refractivity contribution in [1.82, 2.24) is 15.1 Å². The Balaban J connectivity index is 1.40. The van der Waals surface area contributed by atoms with Crippen LogP contribution in [-0.2, 0) is 6.54 Å². The van der Waals surface area contributed by atoms with Crippen molar-refractivity contribution in [3.63, 3.8) is 0 Å². The van der Waals surface area contributed by atoms with E-state index in [2.05, 4.69) is 22.4 Å². The molecule has 1 saturated heterocycles. The normalized spacial score (nSPS) is 17.8. The highest BCUT2D eigenvalue weighted by molar-refractivity contribution is 5.74. The summed E-state index contributed by atoms with van der Waals surface area (Å²) < 4.78 is 10.7. The zero-order chi connectivity index (χ0) is 19.8. The van der Waals surface area contributed by atoms with Gasteiger partial charge in [0.05, 0.1) is 14.2 Å². The number of hydrogen-bond donors (Lipinski definition) is 1. The molecule has 6 heteroatoms. The van der Waals surface area contributed by atoms with Gasteiger partial charge in [0.15, 0.2) is 11.5 Å². The average molecular weight is 388 g/mol. The van der Waals surface area contributed by atoms with E-state index in [1.54, 1.807) is 14.2 Å². The molecule has 1 fully saturated rings. The number of benzene rings is 1. The van der Waals surface area contributed by atoms with Crippen LogP contribution in [0.5, 0.6) is 11.5 Å². The van der Waals surface area contributed by atoms with Crippen molar-refractivity contribution in [2.45, 2.75) is 38.6 Å². The molecule has 1 aliphatic carbocycles. The molecule has 1 aromatic carbocycles. The summed E-state index contributed by atoms with van der Waals surface area (Å²) in [4.78, 5) is 16.7. The van der Waals surface area contributed by atoms with Crippen molar-refractivity contribution in [2.75, 3.05) is 46.9 Å². The first-order chi connectivity index (χ1) is 13.7. The minimum atomic E-state index is 0.0715. The Morgan fingerprint density at radius 3 is 2.54 bits per heavy atom.